The van der Waals surface area contributed by atoms with Crippen LogP contribution in [0, 0.1) is 0 Å². The van der Waals surface area contributed by atoms with Crippen LogP contribution in [-0.2, 0) is 11.2 Å². The number of anilines is 1. The number of methoxy groups -OCH3 is 1. The average molecular weight is 389 g/mol. The van der Waals surface area contributed by atoms with Crippen LogP contribution in [0.4, 0.5) is 11.7 Å². The molecule has 146 valence electrons. The number of carbonyl (C=O) groups excluding carboxylic acids is 1. The Hall–Kier alpha value is -3.87. The second-order valence-corrected chi connectivity index (χ2v) is 6.41. The lowest BCUT2D eigenvalue weighted by atomic mass is 10.1. The van der Waals surface area contributed by atoms with Crippen LogP contribution in [0.1, 0.15) is 27.2 Å². The quantitative estimate of drug-likeness (QED) is 0.617. The van der Waals surface area contributed by atoms with Crippen molar-refractivity contribution in [3.8, 4) is 5.75 Å². The molecule has 0 bridgehead atoms. The lowest BCUT2D eigenvalue weighted by Crippen LogP contribution is -2.09. The minimum Gasteiger partial charge on any atom is -0.504 e. The highest BCUT2D eigenvalue weighted by atomic mass is 16.5. The summed E-state index contributed by atoms with van der Waals surface area (Å²) in [5, 5.41) is 13.7. The highest BCUT2D eigenvalue weighted by Crippen LogP contribution is 2.38. The first-order valence-corrected chi connectivity index (χ1v) is 9.10. The van der Waals surface area contributed by atoms with Crippen molar-refractivity contribution in [1.29, 1.82) is 0 Å². The molecule has 0 aliphatic carbocycles. The second kappa shape index (κ2) is 8.02. The van der Waals surface area contributed by atoms with Crippen LogP contribution in [0.25, 0.3) is 11.6 Å². The lowest BCUT2D eigenvalue weighted by molar-refractivity contribution is 0.0598. The summed E-state index contributed by atoms with van der Waals surface area (Å²) >= 11 is 0. The van der Waals surface area contributed by atoms with Gasteiger partial charge in [0, 0.05) is 30.1 Å². The number of aliphatic imine (C=N–C) groups is 1. The lowest BCUT2D eigenvalue weighted by Gasteiger charge is -2.05. The number of nitrogens with one attached hydrogen (secondary N) is 1. The Morgan fingerprint density at radius 3 is 2.86 bits per heavy atom. The van der Waals surface area contributed by atoms with Gasteiger partial charge in [0.05, 0.1) is 7.11 Å². The van der Waals surface area contributed by atoms with Gasteiger partial charge in [0.25, 0.3) is 0 Å². The second-order valence-electron chi connectivity index (χ2n) is 6.41. The van der Waals surface area contributed by atoms with Gasteiger partial charge in [-0.15, -0.1) is 0 Å². The molecule has 0 radical (unpaired) electrons. The molecular weight excluding hydrogens is 370 g/mol. The first-order valence-electron chi connectivity index (χ1n) is 9.10. The number of aromatic hydroxyl groups is 1. The summed E-state index contributed by atoms with van der Waals surface area (Å²) in [5.41, 5.74) is 2.66. The van der Waals surface area contributed by atoms with Crippen molar-refractivity contribution in [2.75, 3.05) is 19.0 Å². The Balaban J connectivity index is 1.61. The molecule has 0 atom stereocenters. The molecule has 0 fully saturated rings. The predicted octanol–water partition coefficient (Wildman–Crippen LogP) is 4.08. The zero-order valence-corrected chi connectivity index (χ0v) is 15.8. The summed E-state index contributed by atoms with van der Waals surface area (Å²) in [7, 11) is 1.26. The number of hydrogen-bond donors (Lipinski definition) is 2. The van der Waals surface area contributed by atoms with Gasteiger partial charge in [-0.25, -0.2) is 14.8 Å². The van der Waals surface area contributed by atoms with E-state index in [1.165, 1.54) is 7.11 Å². The molecule has 1 aliphatic heterocycles. The Kier molecular flexibility index (Phi) is 5.11. The third kappa shape index (κ3) is 3.75. The zero-order chi connectivity index (χ0) is 20.2. The Labute approximate surface area is 167 Å². The molecule has 1 aliphatic rings. The molecule has 0 saturated heterocycles. The van der Waals surface area contributed by atoms with Gasteiger partial charge in [0.2, 0.25) is 5.88 Å². The van der Waals surface area contributed by atoms with E-state index in [0.717, 1.165) is 23.1 Å². The number of hydrogen-bond acceptors (Lipinski definition) is 7. The molecule has 7 nitrogen and oxygen atoms in total. The molecule has 1 aromatic carbocycles. The van der Waals surface area contributed by atoms with Crippen molar-refractivity contribution in [3.05, 3.63) is 71.1 Å². The molecule has 2 N–H and O–H groups in total. The summed E-state index contributed by atoms with van der Waals surface area (Å²) in [6, 6.07) is 13.6. The molecule has 0 amide bonds. The van der Waals surface area contributed by atoms with Gasteiger partial charge in [-0.2, -0.15) is 0 Å². The molecule has 3 heterocycles. The summed E-state index contributed by atoms with van der Waals surface area (Å²) in [4.78, 5) is 20.6. The van der Waals surface area contributed by atoms with Crippen molar-refractivity contribution in [3.63, 3.8) is 0 Å². The van der Waals surface area contributed by atoms with Crippen molar-refractivity contribution in [1.82, 2.24) is 4.98 Å². The summed E-state index contributed by atoms with van der Waals surface area (Å²) < 4.78 is 10.6. The topological polar surface area (TPSA) is 97.0 Å². The van der Waals surface area contributed by atoms with Crippen LogP contribution in [-0.4, -0.2) is 35.9 Å². The van der Waals surface area contributed by atoms with E-state index >= 15 is 0 Å². The first-order chi connectivity index (χ1) is 14.2. The van der Waals surface area contributed by atoms with E-state index in [4.69, 9.17) is 9.15 Å². The third-order valence-electron chi connectivity index (χ3n) is 4.55. The number of rotatable bonds is 6. The van der Waals surface area contributed by atoms with E-state index in [0.29, 0.717) is 12.4 Å². The number of fused-ring (bicyclic) bond motifs is 1. The minimum absolute atomic E-state index is 0.0336. The highest BCUT2D eigenvalue weighted by molar-refractivity contribution is 6.21. The maximum Gasteiger partial charge on any atom is 0.347 e. The van der Waals surface area contributed by atoms with E-state index in [-0.39, 0.29) is 23.0 Å². The number of pyridine rings is 1. The molecule has 0 spiro atoms. The van der Waals surface area contributed by atoms with Crippen molar-refractivity contribution in [2.45, 2.75) is 6.42 Å². The fraction of sp³-hybridized carbons (Fsp3) is 0.136. The number of ether oxygens (including phenoxy) is 1. The molecule has 2 aromatic heterocycles. The van der Waals surface area contributed by atoms with E-state index in [1.807, 2.05) is 36.4 Å². The maximum atomic E-state index is 12.2. The van der Waals surface area contributed by atoms with Gasteiger partial charge in [-0.1, -0.05) is 30.3 Å². The molecular formula is C22H19N3O4. The number of esters is 1. The summed E-state index contributed by atoms with van der Waals surface area (Å²) in [6.07, 6.45) is 5.65. The largest absolute Gasteiger partial charge is 0.504 e. The van der Waals surface area contributed by atoms with Crippen LogP contribution >= 0.6 is 0 Å². The van der Waals surface area contributed by atoms with Gasteiger partial charge in [0.1, 0.15) is 0 Å². The number of furan rings is 1. The fourth-order valence-electron chi connectivity index (χ4n) is 3.10. The first kappa shape index (κ1) is 18.5. The van der Waals surface area contributed by atoms with Crippen LogP contribution in [0.3, 0.4) is 0 Å². The average Bonchev–Trinajstić information content (AvgIpc) is 3.30. The van der Waals surface area contributed by atoms with Crippen LogP contribution < -0.4 is 5.32 Å². The van der Waals surface area contributed by atoms with Gasteiger partial charge in [-0.05, 0) is 30.2 Å². The zero-order valence-electron chi connectivity index (χ0n) is 15.8. The molecule has 4 rings (SSSR count). The van der Waals surface area contributed by atoms with Gasteiger partial charge < -0.3 is 19.6 Å². The molecule has 0 unspecified atom stereocenters. The fourth-order valence-corrected chi connectivity index (χ4v) is 3.10. The van der Waals surface area contributed by atoms with Crippen molar-refractivity contribution >= 4 is 35.5 Å². The van der Waals surface area contributed by atoms with E-state index in [2.05, 4.69) is 15.3 Å². The normalized spacial score (nSPS) is 13.5. The highest BCUT2D eigenvalue weighted by Gasteiger charge is 2.26. The molecule has 7 heteroatoms. The van der Waals surface area contributed by atoms with Crippen molar-refractivity contribution < 1.29 is 19.1 Å². The SMILES string of the molecule is COC(=O)c1c(NCCc2ccccc2)oc(/C=C2\C=Nc3ncccc32)c1O. The van der Waals surface area contributed by atoms with Crippen LogP contribution in [0.15, 0.2) is 58.1 Å². The third-order valence-corrected chi connectivity index (χ3v) is 4.55. The Morgan fingerprint density at radius 1 is 1.24 bits per heavy atom. The van der Waals surface area contributed by atoms with Crippen molar-refractivity contribution in [2.24, 2.45) is 4.99 Å². The number of allylic oxidation sites excluding steroid dienone is 1. The smallest absolute Gasteiger partial charge is 0.347 e. The molecule has 0 saturated carbocycles. The molecule has 3 aromatic rings. The van der Waals surface area contributed by atoms with Gasteiger partial charge in [0.15, 0.2) is 22.9 Å². The summed E-state index contributed by atoms with van der Waals surface area (Å²) in [6.45, 7) is 0.519. The monoisotopic (exact) mass is 389 g/mol. The number of aromatic nitrogens is 1. The Bertz CT molecular complexity index is 1100. The predicted molar refractivity (Wildman–Crippen MR) is 111 cm³/mol. The van der Waals surface area contributed by atoms with Crippen LogP contribution in [0.5, 0.6) is 5.75 Å². The standard InChI is InChI=1S/C22H19N3O4/c1-28-22(27)18-19(26)17(12-15-13-25-20-16(15)8-5-10-23-20)29-21(18)24-11-9-14-6-3-2-4-7-14/h2-8,10,12-13,24,26H,9,11H2,1H3/b15-12+. The summed E-state index contributed by atoms with van der Waals surface area (Å²) in [5.74, 6) is -0.0546. The van der Waals surface area contributed by atoms with Gasteiger partial charge in [-0.3, -0.25) is 0 Å². The maximum absolute atomic E-state index is 12.2. The number of carbonyl (C=O) groups is 1. The Morgan fingerprint density at radius 2 is 2.07 bits per heavy atom. The van der Waals surface area contributed by atoms with E-state index < -0.39 is 5.97 Å². The van der Waals surface area contributed by atoms with Gasteiger partial charge >= 0.3 is 5.97 Å². The number of nitrogens with zero attached hydrogens (tertiary/aromatic N) is 2. The van der Waals surface area contributed by atoms with E-state index in [9.17, 15) is 9.90 Å². The van der Waals surface area contributed by atoms with Crippen LogP contribution in [0.2, 0.25) is 0 Å². The number of benzene rings is 1. The molecule has 29 heavy (non-hydrogen) atoms. The minimum atomic E-state index is -0.680. The van der Waals surface area contributed by atoms with E-state index in [1.54, 1.807) is 24.6 Å².